The summed E-state index contributed by atoms with van der Waals surface area (Å²) in [5.74, 6) is 0.975. The fraction of sp³-hybridized carbons (Fsp3) is 0.105. The predicted molar refractivity (Wildman–Crippen MR) is 102 cm³/mol. The Morgan fingerprint density at radius 1 is 1.24 bits per heavy atom. The second-order valence-electron chi connectivity index (χ2n) is 5.42. The van der Waals surface area contributed by atoms with E-state index >= 15 is 0 Å². The Morgan fingerprint density at radius 3 is 2.56 bits per heavy atom. The summed E-state index contributed by atoms with van der Waals surface area (Å²) in [6.45, 7) is 6.10. The minimum absolute atomic E-state index is 0.184. The average Bonchev–Trinajstić information content (AvgIpc) is 2.63. The van der Waals surface area contributed by atoms with Gasteiger partial charge in [0, 0.05) is 46.2 Å². The molecule has 25 heavy (non-hydrogen) atoms. The van der Waals surface area contributed by atoms with E-state index in [-0.39, 0.29) is 5.56 Å². The monoisotopic (exact) mass is 352 g/mol. The Hall–Kier alpha value is -2.92. The molecule has 6 heteroatoms. The van der Waals surface area contributed by atoms with Crippen LogP contribution in [0.15, 0.2) is 54.1 Å². The van der Waals surface area contributed by atoms with Crippen molar-refractivity contribution in [1.82, 2.24) is 14.5 Å². The molecule has 126 valence electrons. The number of nitrogens with zero attached hydrogens (tertiary/aromatic N) is 3. The molecule has 3 rings (SSSR count). The van der Waals surface area contributed by atoms with Gasteiger partial charge in [-0.05, 0) is 25.1 Å². The fourth-order valence-electron chi connectivity index (χ4n) is 2.69. The van der Waals surface area contributed by atoms with E-state index in [0.29, 0.717) is 39.9 Å². The first-order chi connectivity index (χ1) is 12.1. The highest BCUT2D eigenvalue weighted by atomic mass is 35.5. The third-order valence-electron chi connectivity index (χ3n) is 3.98. The summed E-state index contributed by atoms with van der Waals surface area (Å²) in [7, 11) is 0. The molecule has 2 heterocycles. The Labute approximate surface area is 150 Å². The summed E-state index contributed by atoms with van der Waals surface area (Å²) in [5, 5.41) is 0.449. The van der Waals surface area contributed by atoms with Crippen LogP contribution in [0.3, 0.4) is 0 Å². The van der Waals surface area contributed by atoms with Crippen LogP contribution in [0, 0.1) is 0 Å². The minimum atomic E-state index is -0.184. The van der Waals surface area contributed by atoms with Gasteiger partial charge in [-0.25, -0.2) is 9.97 Å². The molecule has 0 unspecified atom stereocenters. The molecule has 5 nitrogen and oxygen atoms in total. The van der Waals surface area contributed by atoms with Crippen molar-refractivity contribution in [2.75, 3.05) is 5.73 Å². The maximum absolute atomic E-state index is 12.8. The molecule has 2 N–H and O–H groups in total. The minimum Gasteiger partial charge on any atom is -0.385 e. The number of aromatic nitrogens is 3. The van der Waals surface area contributed by atoms with Gasteiger partial charge in [-0.1, -0.05) is 36.4 Å². The highest BCUT2D eigenvalue weighted by molar-refractivity contribution is 6.33. The van der Waals surface area contributed by atoms with E-state index in [2.05, 4.69) is 16.5 Å². The quantitative estimate of drug-likeness (QED) is 0.773. The molecule has 0 aliphatic carbocycles. The van der Waals surface area contributed by atoms with Gasteiger partial charge >= 0.3 is 0 Å². The summed E-state index contributed by atoms with van der Waals surface area (Å²) in [6, 6.07) is 8.87. The molecule has 0 radical (unpaired) electrons. The van der Waals surface area contributed by atoms with Gasteiger partial charge in [0.2, 0.25) is 0 Å². The summed E-state index contributed by atoms with van der Waals surface area (Å²) in [5.41, 5.74) is 8.45. The van der Waals surface area contributed by atoms with E-state index in [1.165, 1.54) is 4.57 Å². The van der Waals surface area contributed by atoms with Crippen LogP contribution in [0.2, 0.25) is 5.02 Å². The molecule has 0 aliphatic rings. The van der Waals surface area contributed by atoms with Crippen LogP contribution in [0.25, 0.3) is 28.6 Å². The lowest BCUT2D eigenvalue weighted by molar-refractivity contribution is 0.740. The molecule has 0 aliphatic heterocycles. The van der Waals surface area contributed by atoms with Gasteiger partial charge in [0.1, 0.15) is 5.82 Å². The first kappa shape index (κ1) is 16.9. The fourth-order valence-corrected chi connectivity index (χ4v) is 2.98. The second kappa shape index (κ2) is 6.91. The molecule has 1 aromatic carbocycles. The molecular weight excluding hydrogens is 336 g/mol. The summed E-state index contributed by atoms with van der Waals surface area (Å²) in [6.07, 6.45) is 4.96. The number of anilines is 1. The Bertz CT molecular complexity index is 996. The molecule has 0 atom stereocenters. The van der Waals surface area contributed by atoms with Crippen molar-refractivity contribution in [3.05, 3.63) is 70.2 Å². The molecule has 2 aromatic heterocycles. The zero-order valence-electron chi connectivity index (χ0n) is 13.7. The molecule has 0 bridgehead atoms. The molecule has 0 saturated carbocycles. The number of hydrogen-bond acceptors (Lipinski definition) is 4. The number of hydrogen-bond donors (Lipinski definition) is 1. The number of rotatable bonds is 4. The number of nitrogens with two attached hydrogens (primary N) is 1. The van der Waals surface area contributed by atoms with Crippen LogP contribution < -0.4 is 11.3 Å². The van der Waals surface area contributed by atoms with E-state index in [9.17, 15) is 4.79 Å². The first-order valence-electron chi connectivity index (χ1n) is 7.79. The van der Waals surface area contributed by atoms with Crippen LogP contribution in [-0.2, 0) is 6.54 Å². The van der Waals surface area contributed by atoms with Crippen LogP contribution in [-0.4, -0.2) is 14.5 Å². The number of nitrogen functional groups attached to an aromatic ring is 1. The second-order valence-corrected chi connectivity index (χ2v) is 5.83. The van der Waals surface area contributed by atoms with Crippen LogP contribution >= 0.6 is 11.6 Å². The number of benzene rings is 1. The van der Waals surface area contributed by atoms with Crippen molar-refractivity contribution in [3.8, 4) is 22.5 Å². The largest absolute Gasteiger partial charge is 0.385 e. The van der Waals surface area contributed by atoms with Crippen LogP contribution in [0.4, 0.5) is 5.82 Å². The van der Waals surface area contributed by atoms with Gasteiger partial charge in [-0.3, -0.25) is 9.36 Å². The van der Waals surface area contributed by atoms with E-state index in [4.69, 9.17) is 17.3 Å². The molecule has 0 fully saturated rings. The molecule has 0 saturated heterocycles. The third-order valence-corrected chi connectivity index (χ3v) is 4.29. The Kier molecular flexibility index (Phi) is 4.67. The van der Waals surface area contributed by atoms with E-state index in [1.807, 2.05) is 13.0 Å². The lowest BCUT2D eigenvalue weighted by atomic mass is 10.0. The maximum Gasteiger partial charge on any atom is 0.260 e. The van der Waals surface area contributed by atoms with Gasteiger partial charge in [0.15, 0.2) is 5.82 Å². The van der Waals surface area contributed by atoms with Gasteiger partial charge < -0.3 is 5.73 Å². The zero-order chi connectivity index (χ0) is 18.0. The van der Waals surface area contributed by atoms with Gasteiger partial charge in [0.05, 0.1) is 0 Å². The number of halogens is 1. The predicted octanol–water partition coefficient (Wildman–Crippen LogP) is 3.87. The van der Waals surface area contributed by atoms with Gasteiger partial charge in [-0.2, -0.15) is 0 Å². The normalized spacial score (nSPS) is 10.6. The Balaban J connectivity index is 2.18. The Morgan fingerprint density at radius 2 is 1.96 bits per heavy atom. The van der Waals surface area contributed by atoms with Crippen molar-refractivity contribution < 1.29 is 0 Å². The highest BCUT2D eigenvalue weighted by Gasteiger charge is 2.15. The first-order valence-corrected chi connectivity index (χ1v) is 8.17. The molecule has 3 aromatic rings. The van der Waals surface area contributed by atoms with Gasteiger partial charge in [-0.15, -0.1) is 0 Å². The SMILES string of the molecule is C=Cc1cc(-c2ccc(-c3ncccn3)cc2Cl)c(=O)n(CC)c1N. The highest BCUT2D eigenvalue weighted by Crippen LogP contribution is 2.31. The van der Waals surface area contributed by atoms with Crippen molar-refractivity contribution in [3.63, 3.8) is 0 Å². The standard InChI is InChI=1S/C19H17ClN4O/c1-3-12-10-15(19(25)24(4-2)17(12)21)14-7-6-13(11-16(14)20)18-22-8-5-9-23-18/h3,5-11H,1,4,21H2,2H3. The van der Waals surface area contributed by atoms with Crippen molar-refractivity contribution in [2.24, 2.45) is 0 Å². The molecular formula is C19H17ClN4O. The van der Waals surface area contributed by atoms with Crippen molar-refractivity contribution in [1.29, 1.82) is 0 Å². The van der Waals surface area contributed by atoms with Gasteiger partial charge in [0.25, 0.3) is 5.56 Å². The smallest absolute Gasteiger partial charge is 0.260 e. The average molecular weight is 353 g/mol. The number of pyridine rings is 1. The maximum atomic E-state index is 12.8. The molecule has 0 spiro atoms. The van der Waals surface area contributed by atoms with E-state index < -0.39 is 0 Å². The summed E-state index contributed by atoms with van der Waals surface area (Å²) >= 11 is 6.46. The van der Waals surface area contributed by atoms with E-state index in [1.54, 1.807) is 42.7 Å². The zero-order valence-corrected chi connectivity index (χ0v) is 14.5. The van der Waals surface area contributed by atoms with Crippen molar-refractivity contribution >= 4 is 23.5 Å². The summed E-state index contributed by atoms with van der Waals surface area (Å²) in [4.78, 5) is 21.2. The third kappa shape index (κ3) is 3.06. The van der Waals surface area contributed by atoms with Crippen molar-refractivity contribution in [2.45, 2.75) is 13.5 Å². The lowest BCUT2D eigenvalue weighted by Crippen LogP contribution is -2.24. The van der Waals surface area contributed by atoms with Crippen LogP contribution in [0.1, 0.15) is 12.5 Å². The molecule has 0 amide bonds. The summed E-state index contributed by atoms with van der Waals surface area (Å²) < 4.78 is 1.51. The van der Waals surface area contributed by atoms with Crippen LogP contribution in [0.5, 0.6) is 0 Å². The van der Waals surface area contributed by atoms with E-state index in [0.717, 1.165) is 5.56 Å². The topological polar surface area (TPSA) is 73.8 Å². The lowest BCUT2D eigenvalue weighted by Gasteiger charge is -2.14.